The molecular formula is C36H33N7O4. The third-order valence-electron chi connectivity index (χ3n) is 8.83. The van der Waals surface area contributed by atoms with Crippen LogP contribution in [0.2, 0.25) is 0 Å². The molecule has 2 aromatic carbocycles. The van der Waals surface area contributed by atoms with E-state index in [0.29, 0.717) is 17.9 Å². The van der Waals surface area contributed by atoms with Gasteiger partial charge in [-0.05, 0) is 72.4 Å². The maximum absolute atomic E-state index is 13.0. The van der Waals surface area contributed by atoms with Crippen LogP contribution in [0.5, 0.6) is 0 Å². The fourth-order valence-corrected chi connectivity index (χ4v) is 6.37. The third-order valence-corrected chi connectivity index (χ3v) is 8.83. The van der Waals surface area contributed by atoms with Crippen molar-refractivity contribution >= 4 is 33.5 Å². The van der Waals surface area contributed by atoms with E-state index in [4.69, 9.17) is 9.40 Å². The van der Waals surface area contributed by atoms with Gasteiger partial charge in [-0.1, -0.05) is 24.3 Å². The first-order chi connectivity index (χ1) is 22.8. The highest BCUT2D eigenvalue weighted by molar-refractivity contribution is 5.91. The van der Waals surface area contributed by atoms with Crippen LogP contribution in [0.15, 0.2) is 76.3 Å². The molecular weight excluding hydrogens is 594 g/mol. The number of anilines is 2. The minimum absolute atomic E-state index is 0.0536. The Bertz CT molecular complexity index is 2250. The molecule has 0 radical (unpaired) electrons. The number of likely N-dealkylation sites (tertiary alicyclic amines) is 1. The Morgan fingerprint density at radius 1 is 1.06 bits per heavy atom. The number of aliphatic hydroxyl groups excluding tert-OH is 2. The standard InChI is InChI=1S/C36H33N7O4/c1-21-27(5-3-7-29(21)35-41-32-33(47-35)25(16-37)19-43(13-14-44)36(32)46)28-6-4-8-30(22(28)2)40-34-31-24(9-11-38-34)15-23(17-39-31)18-42-12-10-26(45)20-42/h3-9,11,15,17,19,26,44-45H,10,12-14,18,20H2,1-2H3,(H,38,40)/t26-/m1/s1. The van der Waals surface area contributed by atoms with Gasteiger partial charge in [-0.2, -0.15) is 5.26 Å². The van der Waals surface area contributed by atoms with E-state index >= 15 is 0 Å². The van der Waals surface area contributed by atoms with Crippen LogP contribution in [-0.4, -0.2) is 60.4 Å². The molecule has 7 rings (SSSR count). The third kappa shape index (κ3) is 5.63. The number of β-amino-alcohol motifs (C(OH)–C–C–N with tert-alkyl or cyclic N) is 1. The van der Waals surface area contributed by atoms with Crippen LogP contribution in [-0.2, 0) is 13.1 Å². The summed E-state index contributed by atoms with van der Waals surface area (Å²) in [6.45, 7) is 6.15. The van der Waals surface area contributed by atoms with Crippen molar-refractivity contribution in [2.45, 2.75) is 39.5 Å². The first-order valence-electron chi connectivity index (χ1n) is 15.5. The molecule has 0 spiro atoms. The van der Waals surface area contributed by atoms with Crippen LogP contribution < -0.4 is 10.9 Å². The molecule has 1 fully saturated rings. The number of rotatable bonds is 8. The number of benzene rings is 2. The van der Waals surface area contributed by atoms with Crippen molar-refractivity contribution in [3.8, 4) is 28.7 Å². The molecule has 0 amide bonds. The molecule has 6 aromatic rings. The highest BCUT2D eigenvalue weighted by atomic mass is 16.3. The summed E-state index contributed by atoms with van der Waals surface area (Å²) in [5.41, 5.74) is 7.25. The number of aromatic nitrogens is 4. The van der Waals surface area contributed by atoms with Crippen LogP contribution >= 0.6 is 0 Å². The van der Waals surface area contributed by atoms with Crippen molar-refractivity contribution < 1.29 is 14.6 Å². The Morgan fingerprint density at radius 3 is 2.62 bits per heavy atom. The average molecular weight is 628 g/mol. The van der Waals surface area contributed by atoms with E-state index in [0.717, 1.165) is 63.9 Å². The number of hydrogen-bond acceptors (Lipinski definition) is 10. The molecule has 11 nitrogen and oxygen atoms in total. The smallest absolute Gasteiger partial charge is 0.280 e. The quantitative estimate of drug-likeness (QED) is 0.209. The van der Waals surface area contributed by atoms with E-state index in [2.05, 4.69) is 38.4 Å². The van der Waals surface area contributed by atoms with Crippen LogP contribution in [0.1, 0.15) is 28.7 Å². The monoisotopic (exact) mass is 627 g/mol. The SMILES string of the molecule is Cc1c(Nc2nccc3cc(CN4CC[C@@H](O)C4)cnc23)cccc1-c1cccc(-c2nc3c(=O)n(CCO)cc(C#N)c3o2)c1C. The molecule has 0 unspecified atom stereocenters. The summed E-state index contributed by atoms with van der Waals surface area (Å²) in [4.78, 5) is 29.2. The minimum atomic E-state index is -0.425. The average Bonchev–Trinajstić information content (AvgIpc) is 3.70. The molecule has 11 heteroatoms. The summed E-state index contributed by atoms with van der Waals surface area (Å²) < 4.78 is 7.31. The number of pyridine rings is 3. The van der Waals surface area contributed by atoms with Gasteiger partial charge in [0.05, 0.1) is 12.7 Å². The lowest BCUT2D eigenvalue weighted by Crippen LogP contribution is -2.22. The molecule has 0 aliphatic carbocycles. The van der Waals surface area contributed by atoms with Gasteiger partial charge in [-0.3, -0.25) is 14.7 Å². The van der Waals surface area contributed by atoms with Gasteiger partial charge in [0.25, 0.3) is 5.56 Å². The molecule has 4 aromatic heterocycles. The number of nitriles is 1. The van der Waals surface area contributed by atoms with Crippen LogP contribution in [0, 0.1) is 25.2 Å². The molecule has 1 saturated heterocycles. The van der Waals surface area contributed by atoms with Crippen LogP contribution in [0.4, 0.5) is 11.5 Å². The number of aliphatic hydroxyl groups is 2. The van der Waals surface area contributed by atoms with Crippen molar-refractivity contribution in [2.75, 3.05) is 25.0 Å². The van der Waals surface area contributed by atoms with Gasteiger partial charge < -0.3 is 24.5 Å². The summed E-state index contributed by atoms with van der Waals surface area (Å²) in [7, 11) is 0. The van der Waals surface area contributed by atoms with Gasteiger partial charge in [0, 0.05) is 61.4 Å². The van der Waals surface area contributed by atoms with Gasteiger partial charge in [0.1, 0.15) is 17.1 Å². The number of oxazole rings is 1. The summed E-state index contributed by atoms with van der Waals surface area (Å²) in [5.74, 6) is 0.899. The van der Waals surface area contributed by atoms with E-state index < -0.39 is 5.56 Å². The Hall–Kier alpha value is -5.41. The normalized spacial score (nSPS) is 15.0. The molecule has 3 N–H and O–H groups in total. The lowest BCUT2D eigenvalue weighted by atomic mass is 9.93. The van der Waals surface area contributed by atoms with Gasteiger partial charge in [-0.15, -0.1) is 0 Å². The van der Waals surface area contributed by atoms with E-state index in [1.54, 1.807) is 6.20 Å². The highest BCUT2D eigenvalue weighted by Crippen LogP contribution is 2.37. The van der Waals surface area contributed by atoms with Gasteiger partial charge in [0.15, 0.2) is 16.9 Å². The zero-order valence-electron chi connectivity index (χ0n) is 26.1. The summed E-state index contributed by atoms with van der Waals surface area (Å²) in [6, 6.07) is 18.0. The van der Waals surface area contributed by atoms with Crippen molar-refractivity contribution in [1.29, 1.82) is 5.26 Å². The molecule has 236 valence electrons. The zero-order valence-corrected chi connectivity index (χ0v) is 26.1. The van der Waals surface area contributed by atoms with E-state index in [1.807, 2.05) is 56.4 Å². The van der Waals surface area contributed by atoms with Crippen molar-refractivity contribution in [1.82, 2.24) is 24.4 Å². The number of nitrogens with zero attached hydrogens (tertiary/aromatic N) is 6. The zero-order chi connectivity index (χ0) is 32.7. The molecule has 5 heterocycles. The summed E-state index contributed by atoms with van der Waals surface area (Å²) in [6.07, 6.45) is 5.59. The molecule has 1 aliphatic rings. The second-order valence-electron chi connectivity index (χ2n) is 11.9. The van der Waals surface area contributed by atoms with E-state index in [9.17, 15) is 20.3 Å². The van der Waals surface area contributed by atoms with Crippen LogP contribution in [0.3, 0.4) is 0 Å². The first kappa shape index (κ1) is 30.3. The second kappa shape index (κ2) is 12.4. The first-order valence-corrected chi connectivity index (χ1v) is 15.5. The molecule has 1 atom stereocenters. The number of nitrogens with one attached hydrogen (secondary N) is 1. The molecule has 47 heavy (non-hydrogen) atoms. The maximum atomic E-state index is 13.0. The van der Waals surface area contributed by atoms with Gasteiger partial charge in [0.2, 0.25) is 5.89 Å². The topological polar surface area (TPSA) is 153 Å². The fraction of sp³-hybridized carbons (Fsp3) is 0.250. The predicted molar refractivity (Wildman–Crippen MR) is 179 cm³/mol. The van der Waals surface area contributed by atoms with Crippen LogP contribution in [0.25, 0.3) is 44.6 Å². The second-order valence-corrected chi connectivity index (χ2v) is 11.9. The largest absolute Gasteiger partial charge is 0.434 e. The molecule has 1 aliphatic heterocycles. The number of fused-ring (bicyclic) bond motifs is 2. The lowest BCUT2D eigenvalue weighted by molar-refractivity contribution is 0.175. The molecule has 0 bridgehead atoms. The summed E-state index contributed by atoms with van der Waals surface area (Å²) in [5, 5.41) is 33.4. The minimum Gasteiger partial charge on any atom is -0.434 e. The van der Waals surface area contributed by atoms with Crippen molar-refractivity contribution in [3.63, 3.8) is 0 Å². The Labute approximate surface area is 270 Å². The lowest BCUT2D eigenvalue weighted by Gasteiger charge is -2.17. The Kier molecular flexibility index (Phi) is 7.99. The fourth-order valence-electron chi connectivity index (χ4n) is 6.37. The predicted octanol–water partition coefficient (Wildman–Crippen LogP) is 5.06. The Balaban J connectivity index is 1.22. The Morgan fingerprint density at radius 2 is 1.85 bits per heavy atom. The number of hydrogen-bond donors (Lipinski definition) is 3. The maximum Gasteiger partial charge on any atom is 0.280 e. The highest BCUT2D eigenvalue weighted by Gasteiger charge is 2.22. The van der Waals surface area contributed by atoms with Crippen molar-refractivity contribution in [3.05, 3.63) is 99.7 Å². The van der Waals surface area contributed by atoms with Crippen molar-refractivity contribution in [2.24, 2.45) is 0 Å². The molecule has 0 saturated carbocycles. The van der Waals surface area contributed by atoms with Gasteiger partial charge >= 0.3 is 0 Å². The van der Waals surface area contributed by atoms with Gasteiger partial charge in [-0.25, -0.2) is 9.97 Å². The summed E-state index contributed by atoms with van der Waals surface area (Å²) >= 11 is 0. The van der Waals surface area contributed by atoms with E-state index in [-0.39, 0.29) is 41.8 Å². The van der Waals surface area contributed by atoms with E-state index in [1.165, 1.54) is 10.8 Å².